The predicted molar refractivity (Wildman–Crippen MR) is 136 cm³/mol. The van der Waals surface area contributed by atoms with Gasteiger partial charge in [-0.3, -0.25) is 19.9 Å². The lowest BCUT2D eigenvalue weighted by Gasteiger charge is -2.25. The molecule has 0 spiro atoms. The highest BCUT2D eigenvalue weighted by molar-refractivity contribution is 5.84. The van der Waals surface area contributed by atoms with Gasteiger partial charge >= 0.3 is 5.97 Å². The summed E-state index contributed by atoms with van der Waals surface area (Å²) in [5.74, 6) is -2.28. The molecule has 0 saturated carbocycles. The fourth-order valence-corrected chi connectivity index (χ4v) is 4.43. The first-order valence-corrected chi connectivity index (χ1v) is 12.5. The first-order valence-electron chi connectivity index (χ1n) is 12.5. The number of esters is 1. The van der Waals surface area contributed by atoms with Crippen LogP contribution in [0, 0.1) is 23.5 Å². The Morgan fingerprint density at radius 3 is 2.71 bits per heavy atom. The number of aromatic nitrogens is 1. The van der Waals surface area contributed by atoms with Crippen molar-refractivity contribution >= 4 is 22.6 Å². The maximum Gasteiger partial charge on any atom is 0.325 e. The Hall–Kier alpha value is -3.47. The fraction of sp³-hybridized carbons (Fsp3) is 0.393. The molecule has 3 unspecified atom stereocenters. The average molecular weight is 528 g/mol. The Bertz CT molecular complexity index is 1290. The molecular weight excluding hydrogens is 496 g/mol. The van der Waals surface area contributed by atoms with E-state index in [4.69, 9.17) is 4.74 Å². The predicted octanol–water partition coefficient (Wildman–Crippen LogP) is 2.77. The summed E-state index contributed by atoms with van der Waals surface area (Å²) in [4.78, 5) is 29.5. The first kappa shape index (κ1) is 27.6. The van der Waals surface area contributed by atoms with Crippen LogP contribution in [0.25, 0.3) is 10.8 Å². The minimum absolute atomic E-state index is 0.0430. The normalized spacial score (nSPS) is 19.0. The Morgan fingerprint density at radius 2 is 1.95 bits per heavy atom. The topological polar surface area (TPSA) is 131 Å². The molecule has 4 N–H and O–H groups in total. The van der Waals surface area contributed by atoms with Crippen molar-refractivity contribution < 1.29 is 33.3 Å². The van der Waals surface area contributed by atoms with Crippen LogP contribution < -0.4 is 10.6 Å². The van der Waals surface area contributed by atoms with Gasteiger partial charge in [-0.1, -0.05) is 25.1 Å². The van der Waals surface area contributed by atoms with Crippen LogP contribution in [0.4, 0.5) is 8.78 Å². The highest BCUT2D eigenvalue weighted by Crippen LogP contribution is 2.32. The third kappa shape index (κ3) is 7.09. The zero-order chi connectivity index (χ0) is 27.2. The van der Waals surface area contributed by atoms with Gasteiger partial charge in [-0.2, -0.15) is 0 Å². The lowest BCUT2D eigenvalue weighted by atomic mass is 9.87. The minimum Gasteiger partial charge on any atom is -0.464 e. The summed E-state index contributed by atoms with van der Waals surface area (Å²) in [5, 5.41) is 26.5. The van der Waals surface area contributed by atoms with Gasteiger partial charge in [0.05, 0.1) is 31.1 Å². The zero-order valence-corrected chi connectivity index (χ0v) is 20.9. The van der Waals surface area contributed by atoms with Gasteiger partial charge in [0.1, 0.15) is 17.7 Å². The number of amides is 1. The van der Waals surface area contributed by atoms with E-state index in [0.29, 0.717) is 16.6 Å². The number of benzene rings is 2. The van der Waals surface area contributed by atoms with Crippen molar-refractivity contribution in [1.82, 2.24) is 15.6 Å². The Labute approximate surface area is 219 Å². The van der Waals surface area contributed by atoms with E-state index in [1.165, 1.54) is 18.2 Å². The van der Waals surface area contributed by atoms with Crippen molar-refractivity contribution in [1.29, 1.82) is 0 Å². The van der Waals surface area contributed by atoms with Gasteiger partial charge in [-0.15, -0.1) is 0 Å². The molecule has 0 aliphatic carbocycles. The average Bonchev–Trinajstić information content (AvgIpc) is 3.71. The highest BCUT2D eigenvalue weighted by atomic mass is 19.1. The van der Waals surface area contributed by atoms with Crippen molar-refractivity contribution in [3.05, 3.63) is 77.6 Å². The second-order valence-corrected chi connectivity index (χ2v) is 9.73. The molecule has 3 aromatic rings. The number of aliphatic hydroxyl groups is 2. The number of carbonyl (C=O) groups is 2. The molecule has 1 amide bonds. The van der Waals surface area contributed by atoms with E-state index in [2.05, 4.69) is 15.6 Å². The van der Waals surface area contributed by atoms with Crippen molar-refractivity contribution in [2.45, 2.75) is 44.5 Å². The second-order valence-electron chi connectivity index (χ2n) is 9.73. The van der Waals surface area contributed by atoms with Gasteiger partial charge in [0.2, 0.25) is 5.91 Å². The summed E-state index contributed by atoms with van der Waals surface area (Å²) in [5.41, 5.74) is 0.962. The van der Waals surface area contributed by atoms with E-state index in [1.807, 2.05) is 0 Å². The zero-order valence-electron chi connectivity index (χ0n) is 20.9. The molecule has 1 aromatic heterocycles. The largest absolute Gasteiger partial charge is 0.464 e. The number of halogens is 2. The molecule has 38 heavy (non-hydrogen) atoms. The number of nitrogens with zero attached hydrogens (tertiary/aromatic N) is 1. The van der Waals surface area contributed by atoms with E-state index in [0.717, 1.165) is 5.39 Å². The number of carbonyl (C=O) groups excluding carboxylic acids is 2. The first-order chi connectivity index (χ1) is 18.2. The number of aliphatic hydroxyl groups excluding tert-OH is 2. The van der Waals surface area contributed by atoms with Crippen molar-refractivity contribution in [3.8, 4) is 0 Å². The van der Waals surface area contributed by atoms with E-state index in [1.54, 1.807) is 43.5 Å². The molecule has 2 aromatic carbocycles. The number of ether oxygens (including phenoxy) is 1. The van der Waals surface area contributed by atoms with Gasteiger partial charge in [0, 0.05) is 30.1 Å². The molecule has 1 fully saturated rings. The molecule has 1 aliphatic rings. The van der Waals surface area contributed by atoms with Crippen LogP contribution in [0.3, 0.4) is 0 Å². The van der Waals surface area contributed by atoms with Crippen LogP contribution in [-0.2, 0) is 20.9 Å². The van der Waals surface area contributed by atoms with Gasteiger partial charge in [0.15, 0.2) is 0 Å². The number of hydrogen-bond acceptors (Lipinski definition) is 7. The summed E-state index contributed by atoms with van der Waals surface area (Å²) in [6.07, 6.45) is 0.788. The summed E-state index contributed by atoms with van der Waals surface area (Å²) < 4.78 is 32.9. The Balaban J connectivity index is 1.31. The molecule has 2 heterocycles. The summed E-state index contributed by atoms with van der Waals surface area (Å²) in [6.45, 7) is 1.32. The molecule has 202 valence electrons. The van der Waals surface area contributed by atoms with Crippen LogP contribution in [0.2, 0.25) is 0 Å². The van der Waals surface area contributed by atoms with Crippen LogP contribution in [0.15, 0.2) is 54.7 Å². The van der Waals surface area contributed by atoms with Crippen molar-refractivity contribution in [3.63, 3.8) is 0 Å². The SMILES string of the molecule is CC(CC(=O)NCc1ccccc1F)[C@H](COC(=O)C1NC1c1cc2cc(F)ccc2cn1)C[C@@H](O)CO. The van der Waals surface area contributed by atoms with Crippen molar-refractivity contribution in [2.75, 3.05) is 13.2 Å². The van der Waals surface area contributed by atoms with Gasteiger partial charge in [-0.05, 0) is 54.0 Å². The van der Waals surface area contributed by atoms with E-state index < -0.39 is 36.5 Å². The fourth-order valence-electron chi connectivity index (χ4n) is 4.43. The van der Waals surface area contributed by atoms with Crippen molar-refractivity contribution in [2.24, 2.45) is 11.8 Å². The molecule has 8 nitrogen and oxygen atoms in total. The summed E-state index contributed by atoms with van der Waals surface area (Å²) in [6, 6.07) is 11.3. The third-order valence-electron chi connectivity index (χ3n) is 6.83. The maximum absolute atomic E-state index is 13.8. The van der Waals surface area contributed by atoms with Crippen LogP contribution in [0.5, 0.6) is 0 Å². The summed E-state index contributed by atoms with van der Waals surface area (Å²) in [7, 11) is 0. The molecule has 10 heteroatoms. The number of nitrogens with one attached hydrogen (secondary N) is 2. The second kappa shape index (κ2) is 12.4. The lowest BCUT2D eigenvalue weighted by molar-refractivity contribution is -0.145. The Morgan fingerprint density at radius 1 is 1.16 bits per heavy atom. The monoisotopic (exact) mass is 527 g/mol. The maximum atomic E-state index is 13.8. The third-order valence-corrected chi connectivity index (χ3v) is 6.83. The smallest absolute Gasteiger partial charge is 0.325 e. The standard InChI is InChI=1S/C28H31F2N3O5/c1-16(8-25(36)32-13-18-4-2-3-5-23(18)30)20(10-22(35)14-34)15-38-28(37)27-26(33-27)24-11-19-9-21(29)7-6-17(19)12-31-24/h2-7,9,11-12,16,20,22,26-27,33-35H,8,10,13-15H2,1H3,(H,32,36)/t16?,20-,22+,26?,27?/m0/s1. The molecule has 1 aliphatic heterocycles. The minimum atomic E-state index is -1.03. The van der Waals surface area contributed by atoms with Crippen LogP contribution >= 0.6 is 0 Å². The summed E-state index contributed by atoms with van der Waals surface area (Å²) >= 11 is 0. The molecule has 0 bridgehead atoms. The van der Waals surface area contributed by atoms with E-state index >= 15 is 0 Å². The number of hydrogen-bond donors (Lipinski definition) is 4. The number of pyridine rings is 1. The van der Waals surface area contributed by atoms with Gasteiger partial charge < -0.3 is 20.3 Å². The highest BCUT2D eigenvalue weighted by Gasteiger charge is 2.46. The molecule has 1 saturated heterocycles. The molecule has 5 atom stereocenters. The molecular formula is C28H31F2N3O5. The van der Waals surface area contributed by atoms with Gasteiger partial charge in [0.25, 0.3) is 0 Å². The molecule has 4 rings (SSSR count). The lowest BCUT2D eigenvalue weighted by Crippen LogP contribution is -2.32. The van der Waals surface area contributed by atoms with E-state index in [-0.39, 0.29) is 49.7 Å². The number of rotatable bonds is 12. The number of fused-ring (bicyclic) bond motifs is 1. The van der Waals surface area contributed by atoms with E-state index in [9.17, 15) is 28.6 Å². The van der Waals surface area contributed by atoms with Crippen LogP contribution in [0.1, 0.15) is 37.1 Å². The van der Waals surface area contributed by atoms with Gasteiger partial charge in [-0.25, -0.2) is 8.78 Å². The van der Waals surface area contributed by atoms with Crippen LogP contribution in [-0.4, -0.2) is 52.4 Å². The molecule has 0 radical (unpaired) electrons. The quantitative estimate of drug-likeness (QED) is 0.210. The Kier molecular flexibility index (Phi) is 8.98.